The summed E-state index contributed by atoms with van der Waals surface area (Å²) in [7, 11) is 0. The van der Waals surface area contributed by atoms with E-state index in [4.69, 9.17) is 4.42 Å². The number of oxazole rings is 1. The molecule has 1 aromatic heterocycles. The van der Waals surface area contributed by atoms with Crippen LogP contribution >= 0.6 is 0 Å². The van der Waals surface area contributed by atoms with E-state index in [0.717, 1.165) is 49.7 Å². The van der Waals surface area contributed by atoms with Gasteiger partial charge in [-0.3, -0.25) is 0 Å². The Hall–Kier alpha value is -1.55. The van der Waals surface area contributed by atoms with Crippen molar-refractivity contribution in [1.29, 1.82) is 0 Å². The van der Waals surface area contributed by atoms with E-state index in [0.29, 0.717) is 0 Å². The second kappa shape index (κ2) is 4.61. The molecule has 3 rings (SSSR count). The maximum absolute atomic E-state index is 5.96. The van der Waals surface area contributed by atoms with Gasteiger partial charge in [0.05, 0.1) is 0 Å². The molecule has 1 saturated heterocycles. The Kier molecular flexibility index (Phi) is 2.96. The Morgan fingerprint density at radius 3 is 3.00 bits per heavy atom. The molecule has 0 atom stereocenters. The van der Waals surface area contributed by atoms with Crippen LogP contribution in [0, 0.1) is 13.8 Å². The summed E-state index contributed by atoms with van der Waals surface area (Å²) >= 11 is 0. The van der Waals surface area contributed by atoms with Crippen LogP contribution in [0.3, 0.4) is 0 Å². The third-order valence-electron chi connectivity index (χ3n) is 3.68. The molecule has 0 spiro atoms. The largest absolute Gasteiger partial charge is 0.423 e. The number of rotatable bonds is 1. The average Bonchev–Trinajstić information content (AvgIpc) is 2.62. The normalized spacial score (nSPS) is 17.1. The van der Waals surface area contributed by atoms with Gasteiger partial charge in [0, 0.05) is 19.6 Å². The highest BCUT2D eigenvalue weighted by Crippen LogP contribution is 2.26. The minimum Gasteiger partial charge on any atom is -0.423 e. The number of benzene rings is 1. The highest BCUT2D eigenvalue weighted by atomic mass is 16.4. The van der Waals surface area contributed by atoms with E-state index in [1.54, 1.807) is 0 Å². The molecule has 0 amide bonds. The minimum absolute atomic E-state index is 0.766. The molecule has 2 heterocycles. The predicted molar refractivity (Wildman–Crippen MR) is 73.2 cm³/mol. The van der Waals surface area contributed by atoms with Gasteiger partial charge in [-0.2, -0.15) is 4.98 Å². The van der Waals surface area contributed by atoms with Crippen LogP contribution in [0.1, 0.15) is 17.5 Å². The summed E-state index contributed by atoms with van der Waals surface area (Å²) in [5.41, 5.74) is 4.34. The SMILES string of the molecule is Cc1ccc2nc(N3CCCNCC3)oc2c1C. The van der Waals surface area contributed by atoms with E-state index in [2.05, 4.69) is 35.1 Å². The van der Waals surface area contributed by atoms with Crippen molar-refractivity contribution in [2.45, 2.75) is 20.3 Å². The molecule has 2 aromatic rings. The Balaban J connectivity index is 1.99. The Labute approximate surface area is 107 Å². The molecule has 4 heteroatoms. The summed E-state index contributed by atoms with van der Waals surface area (Å²) in [4.78, 5) is 6.84. The zero-order chi connectivity index (χ0) is 12.5. The highest BCUT2D eigenvalue weighted by Gasteiger charge is 2.16. The van der Waals surface area contributed by atoms with Crippen LogP contribution in [0.25, 0.3) is 11.1 Å². The number of nitrogens with zero attached hydrogens (tertiary/aromatic N) is 2. The number of anilines is 1. The van der Waals surface area contributed by atoms with Crippen LogP contribution in [-0.2, 0) is 0 Å². The second-order valence-electron chi connectivity index (χ2n) is 4.94. The number of aromatic nitrogens is 1. The molecule has 0 aliphatic carbocycles. The Morgan fingerprint density at radius 2 is 2.11 bits per heavy atom. The van der Waals surface area contributed by atoms with Gasteiger partial charge in [-0.05, 0) is 44.0 Å². The number of hydrogen-bond acceptors (Lipinski definition) is 4. The molecule has 1 fully saturated rings. The van der Waals surface area contributed by atoms with Gasteiger partial charge in [0.1, 0.15) is 5.52 Å². The fraction of sp³-hybridized carbons (Fsp3) is 0.500. The molecule has 1 aromatic carbocycles. The topological polar surface area (TPSA) is 41.3 Å². The first kappa shape index (κ1) is 11.5. The van der Waals surface area contributed by atoms with E-state index in [9.17, 15) is 0 Å². The Morgan fingerprint density at radius 1 is 1.22 bits per heavy atom. The maximum atomic E-state index is 5.96. The van der Waals surface area contributed by atoms with Crippen molar-refractivity contribution >= 4 is 17.1 Å². The average molecular weight is 245 g/mol. The van der Waals surface area contributed by atoms with Gasteiger partial charge in [0.25, 0.3) is 6.01 Å². The smallest absolute Gasteiger partial charge is 0.298 e. The van der Waals surface area contributed by atoms with Crippen LogP contribution < -0.4 is 10.2 Å². The first-order chi connectivity index (χ1) is 8.75. The molecule has 1 aliphatic heterocycles. The van der Waals surface area contributed by atoms with Crippen LogP contribution in [0.2, 0.25) is 0 Å². The summed E-state index contributed by atoms with van der Waals surface area (Å²) < 4.78 is 5.96. The third-order valence-corrected chi connectivity index (χ3v) is 3.68. The Bertz CT molecular complexity index is 553. The molecule has 0 saturated carbocycles. The second-order valence-corrected chi connectivity index (χ2v) is 4.94. The van der Waals surface area contributed by atoms with E-state index >= 15 is 0 Å². The molecule has 1 N–H and O–H groups in total. The van der Waals surface area contributed by atoms with Crippen LogP contribution in [0.5, 0.6) is 0 Å². The standard InChI is InChI=1S/C14H19N3O/c1-10-4-5-12-13(11(10)2)18-14(16-12)17-8-3-6-15-7-9-17/h4-5,15H,3,6-9H2,1-2H3. The van der Waals surface area contributed by atoms with Crippen LogP contribution in [-0.4, -0.2) is 31.2 Å². The summed E-state index contributed by atoms with van der Waals surface area (Å²) in [6, 6.07) is 4.91. The van der Waals surface area contributed by atoms with E-state index in [-0.39, 0.29) is 0 Å². The summed E-state index contributed by atoms with van der Waals surface area (Å²) in [6.07, 6.45) is 1.14. The molecular formula is C14H19N3O. The maximum Gasteiger partial charge on any atom is 0.298 e. The quantitative estimate of drug-likeness (QED) is 0.836. The molecule has 1 aliphatic rings. The molecule has 4 nitrogen and oxygen atoms in total. The lowest BCUT2D eigenvalue weighted by Gasteiger charge is -2.16. The van der Waals surface area contributed by atoms with Crippen LogP contribution in [0.15, 0.2) is 16.5 Å². The van der Waals surface area contributed by atoms with Crippen molar-refractivity contribution in [1.82, 2.24) is 10.3 Å². The summed E-state index contributed by atoms with van der Waals surface area (Å²) in [5.74, 6) is 0. The highest BCUT2D eigenvalue weighted by molar-refractivity contribution is 5.79. The van der Waals surface area contributed by atoms with Crippen LogP contribution in [0.4, 0.5) is 6.01 Å². The van der Waals surface area contributed by atoms with Crippen molar-refractivity contribution in [3.8, 4) is 0 Å². The van der Waals surface area contributed by atoms with Crippen molar-refractivity contribution in [3.05, 3.63) is 23.3 Å². The fourth-order valence-electron chi connectivity index (χ4n) is 2.38. The lowest BCUT2D eigenvalue weighted by molar-refractivity contribution is 0.569. The number of nitrogens with one attached hydrogen (secondary N) is 1. The van der Waals surface area contributed by atoms with Gasteiger partial charge in [-0.25, -0.2) is 0 Å². The fourth-order valence-corrected chi connectivity index (χ4v) is 2.38. The van der Waals surface area contributed by atoms with Gasteiger partial charge in [-0.15, -0.1) is 0 Å². The first-order valence-electron chi connectivity index (χ1n) is 6.58. The number of aryl methyl sites for hydroxylation is 2. The minimum atomic E-state index is 0.766. The van der Waals surface area contributed by atoms with Crippen molar-refractivity contribution in [3.63, 3.8) is 0 Å². The van der Waals surface area contributed by atoms with Gasteiger partial charge < -0.3 is 14.6 Å². The molecule has 96 valence electrons. The molecular weight excluding hydrogens is 226 g/mol. The summed E-state index contributed by atoms with van der Waals surface area (Å²) in [6.45, 7) is 8.25. The number of fused-ring (bicyclic) bond motifs is 1. The lowest BCUT2D eigenvalue weighted by atomic mass is 10.1. The van der Waals surface area contributed by atoms with E-state index < -0.39 is 0 Å². The number of hydrogen-bond donors (Lipinski definition) is 1. The summed E-state index contributed by atoms with van der Waals surface area (Å²) in [5, 5.41) is 3.39. The van der Waals surface area contributed by atoms with Gasteiger partial charge in [0.15, 0.2) is 5.58 Å². The molecule has 0 bridgehead atoms. The molecule has 18 heavy (non-hydrogen) atoms. The molecule has 0 radical (unpaired) electrons. The van der Waals surface area contributed by atoms with Gasteiger partial charge in [-0.1, -0.05) is 6.07 Å². The zero-order valence-corrected chi connectivity index (χ0v) is 11.0. The van der Waals surface area contributed by atoms with E-state index in [1.807, 2.05) is 6.07 Å². The zero-order valence-electron chi connectivity index (χ0n) is 11.0. The lowest BCUT2D eigenvalue weighted by Crippen LogP contribution is -2.27. The van der Waals surface area contributed by atoms with Gasteiger partial charge >= 0.3 is 0 Å². The third kappa shape index (κ3) is 1.97. The van der Waals surface area contributed by atoms with E-state index in [1.165, 1.54) is 11.1 Å². The van der Waals surface area contributed by atoms with Crippen molar-refractivity contribution < 1.29 is 4.42 Å². The van der Waals surface area contributed by atoms with Crippen molar-refractivity contribution in [2.24, 2.45) is 0 Å². The molecule has 0 unspecified atom stereocenters. The monoisotopic (exact) mass is 245 g/mol. The van der Waals surface area contributed by atoms with Crippen molar-refractivity contribution in [2.75, 3.05) is 31.1 Å². The first-order valence-corrected chi connectivity index (χ1v) is 6.58. The van der Waals surface area contributed by atoms with Gasteiger partial charge in [0.2, 0.25) is 0 Å². The predicted octanol–water partition coefficient (Wildman–Crippen LogP) is 2.24.